The standard InChI is InChI=1S/C21H23N5O4S/c27-16(4-3-12-26-18(29)21(25-20(26)30)9-1-2-10-21)23-15-7-5-14(6-8-15)17(28)24-19-22-11-13-31-19/h5-8,11,13H,1-4,9-10,12H2,(H,23,27)(H,25,30)(H,22,24,28). The van der Waals surface area contributed by atoms with E-state index in [2.05, 4.69) is 20.9 Å². The Morgan fingerprint density at radius 3 is 2.55 bits per heavy atom. The molecule has 2 aliphatic rings. The third-order valence-electron chi connectivity index (χ3n) is 5.57. The molecule has 1 aliphatic carbocycles. The first-order valence-electron chi connectivity index (χ1n) is 10.2. The average Bonchev–Trinajstić information content (AvgIpc) is 3.48. The second kappa shape index (κ2) is 8.84. The minimum atomic E-state index is -0.715. The quantitative estimate of drug-likeness (QED) is 0.571. The molecule has 5 amide bonds. The summed E-state index contributed by atoms with van der Waals surface area (Å²) in [7, 11) is 0. The van der Waals surface area contributed by atoms with E-state index in [-0.39, 0.29) is 36.7 Å². The number of nitrogens with zero attached hydrogens (tertiary/aromatic N) is 2. The van der Waals surface area contributed by atoms with Gasteiger partial charge < -0.3 is 10.6 Å². The molecule has 0 atom stereocenters. The first-order chi connectivity index (χ1) is 15.0. The van der Waals surface area contributed by atoms with E-state index < -0.39 is 5.54 Å². The minimum Gasteiger partial charge on any atom is -0.326 e. The van der Waals surface area contributed by atoms with Gasteiger partial charge in [-0.1, -0.05) is 12.8 Å². The number of benzene rings is 1. The maximum atomic E-state index is 12.6. The maximum Gasteiger partial charge on any atom is 0.325 e. The molecular formula is C21H23N5O4S. The zero-order valence-corrected chi connectivity index (χ0v) is 17.7. The number of imide groups is 1. The van der Waals surface area contributed by atoms with Gasteiger partial charge in [-0.25, -0.2) is 9.78 Å². The molecule has 2 fully saturated rings. The highest BCUT2D eigenvalue weighted by Gasteiger charge is 2.52. The van der Waals surface area contributed by atoms with Crippen LogP contribution in [0.4, 0.5) is 15.6 Å². The molecule has 10 heteroatoms. The third-order valence-corrected chi connectivity index (χ3v) is 6.26. The summed E-state index contributed by atoms with van der Waals surface area (Å²) in [5, 5.41) is 10.6. The molecule has 1 aromatic heterocycles. The average molecular weight is 442 g/mol. The van der Waals surface area contributed by atoms with Crippen molar-refractivity contribution in [1.29, 1.82) is 0 Å². The lowest BCUT2D eigenvalue weighted by Crippen LogP contribution is -2.44. The summed E-state index contributed by atoms with van der Waals surface area (Å²) >= 11 is 1.33. The Bertz CT molecular complexity index is 984. The summed E-state index contributed by atoms with van der Waals surface area (Å²) in [6.45, 7) is 0.218. The highest BCUT2D eigenvalue weighted by atomic mass is 32.1. The number of amides is 5. The van der Waals surface area contributed by atoms with Crippen LogP contribution in [0.25, 0.3) is 0 Å². The van der Waals surface area contributed by atoms with Gasteiger partial charge in [0.05, 0.1) is 0 Å². The van der Waals surface area contributed by atoms with Gasteiger partial charge in [0.2, 0.25) is 5.91 Å². The smallest absolute Gasteiger partial charge is 0.325 e. The van der Waals surface area contributed by atoms with Gasteiger partial charge in [0.25, 0.3) is 11.8 Å². The molecule has 2 heterocycles. The van der Waals surface area contributed by atoms with E-state index >= 15 is 0 Å². The molecule has 1 spiro atoms. The van der Waals surface area contributed by atoms with Crippen molar-refractivity contribution in [2.75, 3.05) is 17.2 Å². The van der Waals surface area contributed by atoms with Crippen LogP contribution in [0.5, 0.6) is 0 Å². The van der Waals surface area contributed by atoms with Crippen LogP contribution in [-0.4, -0.2) is 45.7 Å². The monoisotopic (exact) mass is 441 g/mol. The van der Waals surface area contributed by atoms with Crippen LogP contribution < -0.4 is 16.0 Å². The van der Waals surface area contributed by atoms with Gasteiger partial charge in [-0.05, 0) is 43.5 Å². The number of carbonyl (C=O) groups excluding carboxylic acids is 4. The molecule has 0 unspecified atom stereocenters. The first kappa shape index (κ1) is 21.0. The number of thiazole rings is 1. The Morgan fingerprint density at radius 1 is 1.13 bits per heavy atom. The molecule has 1 saturated heterocycles. The number of carbonyl (C=O) groups is 4. The number of aromatic nitrogens is 1. The zero-order valence-electron chi connectivity index (χ0n) is 16.8. The van der Waals surface area contributed by atoms with E-state index in [9.17, 15) is 19.2 Å². The van der Waals surface area contributed by atoms with E-state index in [1.807, 2.05) is 0 Å². The molecule has 0 bridgehead atoms. The number of urea groups is 1. The Labute approximate surface area is 183 Å². The van der Waals surface area contributed by atoms with Crippen molar-refractivity contribution < 1.29 is 19.2 Å². The molecule has 1 saturated carbocycles. The molecule has 162 valence electrons. The van der Waals surface area contributed by atoms with Crippen molar-refractivity contribution in [2.24, 2.45) is 0 Å². The van der Waals surface area contributed by atoms with Gasteiger partial charge in [-0.15, -0.1) is 11.3 Å². The molecular weight excluding hydrogens is 418 g/mol. The number of anilines is 2. The van der Waals surface area contributed by atoms with Crippen LogP contribution in [0.15, 0.2) is 35.8 Å². The van der Waals surface area contributed by atoms with Crippen LogP contribution in [0.1, 0.15) is 48.9 Å². The van der Waals surface area contributed by atoms with Gasteiger partial charge in [-0.3, -0.25) is 24.6 Å². The topological polar surface area (TPSA) is 121 Å². The summed E-state index contributed by atoms with van der Waals surface area (Å²) < 4.78 is 0. The Kier molecular flexibility index (Phi) is 5.99. The molecule has 3 N–H and O–H groups in total. The highest BCUT2D eigenvalue weighted by molar-refractivity contribution is 7.13. The lowest BCUT2D eigenvalue weighted by atomic mass is 9.98. The van der Waals surface area contributed by atoms with E-state index in [1.165, 1.54) is 16.2 Å². The second-order valence-electron chi connectivity index (χ2n) is 7.70. The van der Waals surface area contributed by atoms with Crippen molar-refractivity contribution in [3.63, 3.8) is 0 Å². The predicted molar refractivity (Wildman–Crippen MR) is 116 cm³/mol. The van der Waals surface area contributed by atoms with Crippen LogP contribution in [-0.2, 0) is 9.59 Å². The summed E-state index contributed by atoms with van der Waals surface area (Å²) in [6.07, 6.45) is 5.42. The normalized spacial score (nSPS) is 17.1. The van der Waals surface area contributed by atoms with Crippen LogP contribution >= 0.6 is 11.3 Å². The van der Waals surface area contributed by atoms with Crippen LogP contribution in [0, 0.1) is 0 Å². The van der Waals surface area contributed by atoms with Crippen molar-refractivity contribution in [3.05, 3.63) is 41.4 Å². The van der Waals surface area contributed by atoms with Gasteiger partial charge >= 0.3 is 6.03 Å². The van der Waals surface area contributed by atoms with Crippen molar-refractivity contribution in [1.82, 2.24) is 15.2 Å². The maximum absolute atomic E-state index is 12.6. The van der Waals surface area contributed by atoms with Gasteiger partial charge in [-0.2, -0.15) is 0 Å². The van der Waals surface area contributed by atoms with E-state index in [0.717, 1.165) is 12.8 Å². The van der Waals surface area contributed by atoms with Gasteiger partial charge in [0, 0.05) is 35.8 Å². The fourth-order valence-electron chi connectivity index (χ4n) is 3.98. The lowest BCUT2D eigenvalue weighted by Gasteiger charge is -2.19. The van der Waals surface area contributed by atoms with E-state index in [1.54, 1.807) is 35.8 Å². The van der Waals surface area contributed by atoms with E-state index in [0.29, 0.717) is 35.6 Å². The number of rotatable bonds is 7. The first-order valence-corrected chi connectivity index (χ1v) is 11.1. The molecule has 0 radical (unpaired) electrons. The molecule has 1 aliphatic heterocycles. The van der Waals surface area contributed by atoms with Crippen LogP contribution in [0.2, 0.25) is 0 Å². The Morgan fingerprint density at radius 2 is 1.87 bits per heavy atom. The predicted octanol–water partition coefficient (Wildman–Crippen LogP) is 2.98. The molecule has 2 aromatic rings. The van der Waals surface area contributed by atoms with Crippen LogP contribution in [0.3, 0.4) is 0 Å². The number of nitrogens with one attached hydrogen (secondary N) is 3. The number of hydrogen-bond donors (Lipinski definition) is 3. The molecule has 9 nitrogen and oxygen atoms in total. The largest absolute Gasteiger partial charge is 0.326 e. The second-order valence-corrected chi connectivity index (χ2v) is 8.59. The van der Waals surface area contributed by atoms with Crippen molar-refractivity contribution in [3.8, 4) is 0 Å². The third kappa shape index (κ3) is 4.58. The molecule has 4 rings (SSSR count). The summed E-state index contributed by atoms with van der Waals surface area (Å²) in [4.78, 5) is 54.4. The Balaban J connectivity index is 1.23. The summed E-state index contributed by atoms with van der Waals surface area (Å²) in [6, 6.07) is 6.17. The Hall–Kier alpha value is -3.27. The molecule has 1 aromatic carbocycles. The van der Waals surface area contributed by atoms with Crippen molar-refractivity contribution >= 4 is 45.9 Å². The van der Waals surface area contributed by atoms with Gasteiger partial charge in [0.1, 0.15) is 5.54 Å². The lowest BCUT2D eigenvalue weighted by molar-refractivity contribution is -0.131. The van der Waals surface area contributed by atoms with Gasteiger partial charge in [0.15, 0.2) is 5.13 Å². The molecule has 31 heavy (non-hydrogen) atoms. The fourth-order valence-corrected chi connectivity index (χ4v) is 4.50. The SMILES string of the molecule is O=C(CCCN1C(=O)NC2(CCCC2)C1=O)Nc1ccc(C(=O)Nc2nccs2)cc1. The fraction of sp³-hybridized carbons (Fsp3) is 0.381. The summed E-state index contributed by atoms with van der Waals surface area (Å²) in [5.74, 6) is -0.661. The zero-order chi connectivity index (χ0) is 21.8. The highest BCUT2D eigenvalue weighted by Crippen LogP contribution is 2.35. The summed E-state index contributed by atoms with van der Waals surface area (Å²) in [5.41, 5.74) is 0.302. The number of hydrogen-bond acceptors (Lipinski definition) is 6. The van der Waals surface area contributed by atoms with Crippen molar-refractivity contribution in [2.45, 2.75) is 44.1 Å². The van der Waals surface area contributed by atoms with E-state index in [4.69, 9.17) is 0 Å². The minimum absolute atomic E-state index is 0.165.